The Kier molecular flexibility index (Phi) is 6.59. The number of para-hydroxylation sites is 1. The number of benzene rings is 1. The molecule has 158 valence electrons. The maximum atomic E-state index is 12.5. The largest absolute Gasteiger partial charge is 0.443 e. The van der Waals surface area contributed by atoms with E-state index in [9.17, 15) is 14.7 Å². The van der Waals surface area contributed by atoms with Crippen molar-refractivity contribution in [1.82, 2.24) is 9.88 Å². The van der Waals surface area contributed by atoms with Gasteiger partial charge in [-0.3, -0.25) is 4.79 Å². The lowest BCUT2D eigenvalue weighted by Crippen LogP contribution is -2.41. The normalized spacial score (nSPS) is 15.7. The van der Waals surface area contributed by atoms with Crippen LogP contribution in [0.15, 0.2) is 29.1 Å². The van der Waals surface area contributed by atoms with Gasteiger partial charge in [-0.05, 0) is 52.2 Å². The number of H-pyrrole nitrogens is 1. The van der Waals surface area contributed by atoms with Gasteiger partial charge >= 0.3 is 6.09 Å². The predicted octanol–water partition coefficient (Wildman–Crippen LogP) is 3.12. The smallest absolute Gasteiger partial charge is 0.410 e. The molecule has 0 radical (unpaired) electrons. The molecular weight excluding hydrogens is 372 g/mol. The van der Waals surface area contributed by atoms with Crippen molar-refractivity contribution in [1.29, 1.82) is 0 Å². The molecule has 1 aliphatic heterocycles. The third-order valence-electron chi connectivity index (χ3n) is 5.36. The van der Waals surface area contributed by atoms with E-state index in [4.69, 9.17) is 9.47 Å². The standard InChI is InChI=1S/C22H30N2O5/c1-15-19(23-18-7-5-4-6-17(18)20(15)25)14-29-21(26)24-11-8-16(9-12-24)28-13-10-22(2,3)27/h4-7,16,27H,8-14H2,1-3H3,(H,23,25). The third-order valence-corrected chi connectivity index (χ3v) is 5.36. The first kappa shape index (κ1) is 21.3. The summed E-state index contributed by atoms with van der Waals surface area (Å²) in [5.41, 5.74) is 1.14. The van der Waals surface area contributed by atoms with Gasteiger partial charge in [0, 0.05) is 36.2 Å². The molecule has 1 aromatic carbocycles. The molecule has 0 atom stereocenters. The highest BCUT2D eigenvalue weighted by Gasteiger charge is 2.25. The Labute approximate surface area is 170 Å². The molecule has 7 heteroatoms. The molecule has 1 saturated heterocycles. The van der Waals surface area contributed by atoms with Crippen LogP contribution in [0.1, 0.15) is 44.4 Å². The molecule has 1 aliphatic rings. The first-order valence-electron chi connectivity index (χ1n) is 10.1. The minimum absolute atomic E-state index is 0.0345. The van der Waals surface area contributed by atoms with Gasteiger partial charge in [0.15, 0.2) is 5.43 Å². The van der Waals surface area contributed by atoms with Crippen molar-refractivity contribution >= 4 is 17.0 Å². The topological polar surface area (TPSA) is 91.9 Å². The number of aliphatic hydroxyl groups is 1. The second-order valence-electron chi connectivity index (χ2n) is 8.28. The average molecular weight is 402 g/mol. The van der Waals surface area contributed by atoms with E-state index in [0.29, 0.717) is 42.8 Å². The Morgan fingerprint density at radius 3 is 2.66 bits per heavy atom. The first-order chi connectivity index (χ1) is 13.7. The van der Waals surface area contributed by atoms with Gasteiger partial charge < -0.3 is 24.5 Å². The van der Waals surface area contributed by atoms with Crippen molar-refractivity contribution in [3.05, 3.63) is 45.7 Å². The quantitative estimate of drug-likeness (QED) is 0.775. The van der Waals surface area contributed by atoms with Crippen molar-refractivity contribution in [3.63, 3.8) is 0 Å². The lowest BCUT2D eigenvalue weighted by molar-refractivity contribution is -0.0240. The highest BCUT2D eigenvalue weighted by Crippen LogP contribution is 2.17. The lowest BCUT2D eigenvalue weighted by Gasteiger charge is -2.31. The second kappa shape index (κ2) is 8.97. The van der Waals surface area contributed by atoms with Crippen LogP contribution < -0.4 is 5.43 Å². The number of aromatic nitrogens is 1. The fraction of sp³-hybridized carbons (Fsp3) is 0.545. The number of carbonyl (C=O) groups excluding carboxylic acids is 1. The minimum Gasteiger partial charge on any atom is -0.443 e. The summed E-state index contributed by atoms with van der Waals surface area (Å²) in [5, 5.41) is 10.4. The summed E-state index contributed by atoms with van der Waals surface area (Å²) in [6, 6.07) is 7.31. The number of fused-ring (bicyclic) bond motifs is 1. The maximum Gasteiger partial charge on any atom is 0.410 e. The van der Waals surface area contributed by atoms with Gasteiger partial charge in [0.25, 0.3) is 0 Å². The molecular formula is C22H30N2O5. The summed E-state index contributed by atoms with van der Waals surface area (Å²) in [6.45, 7) is 6.95. The van der Waals surface area contributed by atoms with E-state index in [0.717, 1.165) is 18.4 Å². The number of likely N-dealkylation sites (tertiary alicyclic amines) is 1. The Morgan fingerprint density at radius 2 is 1.97 bits per heavy atom. The van der Waals surface area contributed by atoms with E-state index in [1.165, 1.54) is 0 Å². The zero-order valence-electron chi connectivity index (χ0n) is 17.4. The molecule has 29 heavy (non-hydrogen) atoms. The van der Waals surface area contributed by atoms with E-state index in [2.05, 4.69) is 4.98 Å². The fourth-order valence-corrected chi connectivity index (χ4v) is 3.44. The van der Waals surface area contributed by atoms with Crippen molar-refractivity contribution in [2.75, 3.05) is 19.7 Å². The highest BCUT2D eigenvalue weighted by atomic mass is 16.6. The number of hydrogen-bond donors (Lipinski definition) is 2. The number of amides is 1. The summed E-state index contributed by atoms with van der Waals surface area (Å²) < 4.78 is 11.3. The molecule has 3 rings (SSSR count). The number of nitrogens with zero attached hydrogens (tertiary/aromatic N) is 1. The Hall–Kier alpha value is -2.38. The third kappa shape index (κ3) is 5.58. The summed E-state index contributed by atoms with van der Waals surface area (Å²) in [7, 11) is 0. The van der Waals surface area contributed by atoms with E-state index < -0.39 is 5.60 Å². The van der Waals surface area contributed by atoms with Gasteiger partial charge in [-0.1, -0.05) is 12.1 Å². The predicted molar refractivity (Wildman–Crippen MR) is 111 cm³/mol. The van der Waals surface area contributed by atoms with Crippen molar-refractivity contribution in [2.24, 2.45) is 0 Å². The molecule has 7 nitrogen and oxygen atoms in total. The molecule has 1 fully saturated rings. The van der Waals surface area contributed by atoms with Gasteiger partial charge in [0.05, 0.1) is 17.4 Å². The summed E-state index contributed by atoms with van der Waals surface area (Å²) in [4.78, 5) is 29.8. The van der Waals surface area contributed by atoms with Crippen molar-refractivity contribution < 1.29 is 19.4 Å². The minimum atomic E-state index is -0.730. The lowest BCUT2D eigenvalue weighted by atomic mass is 10.1. The molecule has 0 aliphatic carbocycles. The van der Waals surface area contributed by atoms with Gasteiger partial charge in [0.1, 0.15) is 6.61 Å². The van der Waals surface area contributed by atoms with Crippen LogP contribution in [-0.4, -0.2) is 52.5 Å². The molecule has 1 aromatic heterocycles. The zero-order chi connectivity index (χ0) is 21.0. The number of rotatable bonds is 6. The van der Waals surface area contributed by atoms with Crippen LogP contribution in [0.5, 0.6) is 0 Å². The fourth-order valence-electron chi connectivity index (χ4n) is 3.44. The van der Waals surface area contributed by atoms with Crippen LogP contribution in [0.25, 0.3) is 10.9 Å². The van der Waals surface area contributed by atoms with E-state index in [-0.39, 0.29) is 24.2 Å². The van der Waals surface area contributed by atoms with E-state index in [1.54, 1.807) is 31.7 Å². The summed E-state index contributed by atoms with van der Waals surface area (Å²) >= 11 is 0. The number of hydrogen-bond acceptors (Lipinski definition) is 5. The number of carbonyl (C=O) groups is 1. The molecule has 0 unspecified atom stereocenters. The number of pyridine rings is 1. The van der Waals surface area contributed by atoms with Crippen LogP contribution in [0, 0.1) is 6.92 Å². The van der Waals surface area contributed by atoms with Gasteiger partial charge in [-0.25, -0.2) is 4.79 Å². The van der Waals surface area contributed by atoms with E-state index >= 15 is 0 Å². The monoisotopic (exact) mass is 402 g/mol. The molecule has 0 spiro atoms. The molecule has 1 amide bonds. The average Bonchev–Trinajstić information content (AvgIpc) is 2.69. The number of nitrogens with one attached hydrogen (secondary N) is 1. The van der Waals surface area contributed by atoms with Gasteiger partial charge in [0.2, 0.25) is 0 Å². The molecule has 2 N–H and O–H groups in total. The van der Waals surface area contributed by atoms with Gasteiger partial charge in [-0.15, -0.1) is 0 Å². The first-order valence-corrected chi connectivity index (χ1v) is 10.1. The van der Waals surface area contributed by atoms with Crippen molar-refractivity contribution in [3.8, 4) is 0 Å². The van der Waals surface area contributed by atoms with Crippen LogP contribution in [0.3, 0.4) is 0 Å². The number of aromatic amines is 1. The summed E-state index contributed by atoms with van der Waals surface area (Å²) in [6.07, 6.45) is 1.78. The van der Waals surface area contributed by atoms with Crippen LogP contribution in [0.2, 0.25) is 0 Å². The Bertz CT molecular complexity index is 908. The van der Waals surface area contributed by atoms with Gasteiger partial charge in [-0.2, -0.15) is 0 Å². The summed E-state index contributed by atoms with van der Waals surface area (Å²) in [5.74, 6) is 0. The molecule has 0 saturated carbocycles. The maximum absolute atomic E-state index is 12.5. The zero-order valence-corrected chi connectivity index (χ0v) is 17.4. The van der Waals surface area contributed by atoms with E-state index in [1.807, 2.05) is 18.2 Å². The van der Waals surface area contributed by atoms with Crippen LogP contribution in [0.4, 0.5) is 4.79 Å². The number of ether oxygens (including phenoxy) is 2. The SMILES string of the molecule is Cc1c(COC(=O)N2CCC(OCCC(C)(C)O)CC2)[nH]c2ccccc2c1=O. The Morgan fingerprint density at radius 1 is 1.28 bits per heavy atom. The van der Waals surface area contributed by atoms with Crippen LogP contribution in [-0.2, 0) is 16.1 Å². The highest BCUT2D eigenvalue weighted by molar-refractivity contribution is 5.79. The van der Waals surface area contributed by atoms with Crippen molar-refractivity contribution in [2.45, 2.75) is 58.3 Å². The van der Waals surface area contributed by atoms with Crippen LogP contribution >= 0.6 is 0 Å². The molecule has 2 aromatic rings. The number of piperidine rings is 1. The second-order valence-corrected chi connectivity index (χ2v) is 8.28. The molecule has 0 bridgehead atoms. The molecule has 2 heterocycles. The Balaban J connectivity index is 1.50.